The highest BCUT2D eigenvalue weighted by atomic mass is 32.1. The number of fused-ring (bicyclic) bond motifs is 3. The number of carbonyl (C=O) groups is 1. The van der Waals surface area contributed by atoms with Crippen molar-refractivity contribution in [2.24, 2.45) is 0 Å². The minimum absolute atomic E-state index is 0.0605. The summed E-state index contributed by atoms with van der Waals surface area (Å²) in [5.41, 5.74) is 1.73. The van der Waals surface area contributed by atoms with E-state index in [9.17, 15) is 14.9 Å². The molecule has 0 unspecified atom stereocenters. The average molecular weight is 480 g/mol. The van der Waals surface area contributed by atoms with Gasteiger partial charge in [-0.1, -0.05) is 19.4 Å². The number of nitro benzene ring substituents is 1. The normalized spacial score (nSPS) is 16.0. The summed E-state index contributed by atoms with van der Waals surface area (Å²) in [7, 11) is 0. The molecule has 1 saturated heterocycles. The number of carbonyl (C=O) groups excluding carboxylic acids is 1. The zero-order valence-electron chi connectivity index (χ0n) is 19.5. The molecule has 0 atom stereocenters. The van der Waals surface area contributed by atoms with Crippen LogP contribution >= 0.6 is 11.3 Å². The van der Waals surface area contributed by atoms with Gasteiger partial charge in [-0.05, 0) is 43.7 Å². The smallest absolute Gasteiger partial charge is 0.270 e. The number of aromatic nitrogens is 2. The fourth-order valence-corrected chi connectivity index (χ4v) is 6.19. The standard InChI is InChI=1S/C25H29N5O3S/c1-2-3-11-21-26-23(22-19-9-4-5-10-20(19)34-24(22)27-21)28-12-14-29(15-13-28)25(31)17-7-6-8-18(16-17)30(32)33/h6-8,16H,2-5,9-15H2,1H3. The van der Waals surface area contributed by atoms with Crippen LogP contribution in [0.15, 0.2) is 24.3 Å². The molecule has 1 aliphatic heterocycles. The number of nitrogens with zero attached hydrogens (tertiary/aromatic N) is 5. The fourth-order valence-electron chi connectivity index (χ4n) is 4.91. The van der Waals surface area contributed by atoms with Crippen molar-refractivity contribution in [3.05, 3.63) is 56.2 Å². The van der Waals surface area contributed by atoms with E-state index in [4.69, 9.17) is 9.97 Å². The van der Waals surface area contributed by atoms with Gasteiger partial charge >= 0.3 is 0 Å². The van der Waals surface area contributed by atoms with E-state index < -0.39 is 4.92 Å². The minimum atomic E-state index is -0.466. The van der Waals surface area contributed by atoms with E-state index in [-0.39, 0.29) is 11.6 Å². The zero-order valence-corrected chi connectivity index (χ0v) is 20.3. The van der Waals surface area contributed by atoms with Crippen LogP contribution in [0.5, 0.6) is 0 Å². The summed E-state index contributed by atoms with van der Waals surface area (Å²) < 4.78 is 0. The molecule has 2 aliphatic rings. The number of thiophene rings is 1. The highest BCUT2D eigenvalue weighted by molar-refractivity contribution is 7.19. The van der Waals surface area contributed by atoms with Crippen LogP contribution in [-0.2, 0) is 19.3 Å². The highest BCUT2D eigenvalue weighted by Gasteiger charge is 2.28. The Balaban J connectivity index is 1.39. The molecule has 0 spiro atoms. The maximum Gasteiger partial charge on any atom is 0.270 e. The van der Waals surface area contributed by atoms with Gasteiger partial charge in [-0.3, -0.25) is 14.9 Å². The number of anilines is 1. The molecule has 1 aliphatic carbocycles. The number of aryl methyl sites for hydroxylation is 3. The third-order valence-corrected chi connectivity index (χ3v) is 7.95. The Morgan fingerprint density at radius 1 is 1.15 bits per heavy atom. The van der Waals surface area contributed by atoms with Crippen molar-refractivity contribution in [1.29, 1.82) is 0 Å². The van der Waals surface area contributed by atoms with Crippen LogP contribution < -0.4 is 4.90 Å². The first-order chi connectivity index (χ1) is 16.5. The zero-order chi connectivity index (χ0) is 23.7. The van der Waals surface area contributed by atoms with Crippen LogP contribution in [0.2, 0.25) is 0 Å². The molecule has 0 bridgehead atoms. The molecule has 3 aromatic rings. The van der Waals surface area contributed by atoms with E-state index in [1.807, 2.05) is 11.3 Å². The predicted octanol–water partition coefficient (Wildman–Crippen LogP) is 4.78. The molecule has 1 amide bonds. The Kier molecular flexibility index (Phi) is 6.45. The Labute approximate surface area is 202 Å². The summed E-state index contributed by atoms with van der Waals surface area (Å²) >= 11 is 1.83. The van der Waals surface area contributed by atoms with Gasteiger partial charge in [0.05, 0.1) is 10.3 Å². The molecular weight excluding hydrogens is 450 g/mol. The molecule has 1 aromatic carbocycles. The van der Waals surface area contributed by atoms with Crippen LogP contribution in [0, 0.1) is 10.1 Å². The maximum absolute atomic E-state index is 13.0. The van der Waals surface area contributed by atoms with Gasteiger partial charge in [-0.25, -0.2) is 9.97 Å². The monoisotopic (exact) mass is 479 g/mol. The van der Waals surface area contributed by atoms with Gasteiger partial charge in [0, 0.05) is 55.2 Å². The Morgan fingerprint density at radius 3 is 2.71 bits per heavy atom. The quantitative estimate of drug-likeness (QED) is 0.373. The third-order valence-electron chi connectivity index (χ3n) is 6.77. The van der Waals surface area contributed by atoms with Crippen molar-refractivity contribution in [3.8, 4) is 0 Å². The summed E-state index contributed by atoms with van der Waals surface area (Å²) in [6.45, 7) is 4.67. The summed E-state index contributed by atoms with van der Waals surface area (Å²) in [4.78, 5) is 40.3. The SMILES string of the molecule is CCCCc1nc(N2CCN(C(=O)c3cccc([N+](=O)[O-])c3)CC2)c2c3c(sc2n1)CCCC3. The lowest BCUT2D eigenvalue weighted by Gasteiger charge is -2.36. The molecule has 178 valence electrons. The molecule has 5 rings (SSSR count). The number of non-ortho nitro benzene ring substituents is 1. The van der Waals surface area contributed by atoms with Crippen molar-refractivity contribution < 1.29 is 9.72 Å². The highest BCUT2D eigenvalue weighted by Crippen LogP contribution is 2.40. The Bertz CT molecular complexity index is 1230. The lowest BCUT2D eigenvalue weighted by atomic mass is 9.96. The molecule has 8 nitrogen and oxygen atoms in total. The second-order valence-electron chi connectivity index (χ2n) is 9.04. The van der Waals surface area contributed by atoms with Crippen molar-refractivity contribution in [3.63, 3.8) is 0 Å². The van der Waals surface area contributed by atoms with E-state index in [0.717, 1.165) is 48.6 Å². The van der Waals surface area contributed by atoms with Gasteiger partial charge in [-0.15, -0.1) is 11.3 Å². The van der Waals surface area contributed by atoms with Crippen LogP contribution in [0.3, 0.4) is 0 Å². The van der Waals surface area contributed by atoms with E-state index in [1.165, 1.54) is 40.8 Å². The van der Waals surface area contributed by atoms with Crippen molar-refractivity contribution in [1.82, 2.24) is 14.9 Å². The molecule has 0 saturated carbocycles. The molecule has 0 N–H and O–H groups in total. The first kappa shape index (κ1) is 22.7. The second kappa shape index (κ2) is 9.66. The first-order valence-corrected chi connectivity index (χ1v) is 13.0. The first-order valence-electron chi connectivity index (χ1n) is 12.1. The van der Waals surface area contributed by atoms with Gasteiger partial charge < -0.3 is 9.80 Å². The minimum Gasteiger partial charge on any atom is -0.352 e. The molecule has 3 heterocycles. The van der Waals surface area contributed by atoms with Crippen molar-refractivity contribution in [2.75, 3.05) is 31.1 Å². The molecular formula is C25H29N5O3S. The topological polar surface area (TPSA) is 92.5 Å². The number of hydrogen-bond acceptors (Lipinski definition) is 7. The van der Waals surface area contributed by atoms with Gasteiger partial charge in [0.25, 0.3) is 11.6 Å². The van der Waals surface area contributed by atoms with E-state index >= 15 is 0 Å². The molecule has 34 heavy (non-hydrogen) atoms. The largest absolute Gasteiger partial charge is 0.352 e. The molecule has 9 heteroatoms. The number of nitro groups is 1. The van der Waals surface area contributed by atoms with Gasteiger partial charge in [0.2, 0.25) is 0 Å². The van der Waals surface area contributed by atoms with Gasteiger partial charge in [-0.2, -0.15) is 0 Å². The van der Waals surface area contributed by atoms with Crippen molar-refractivity contribution in [2.45, 2.75) is 51.9 Å². The lowest BCUT2D eigenvalue weighted by molar-refractivity contribution is -0.384. The van der Waals surface area contributed by atoms with E-state index in [0.29, 0.717) is 31.7 Å². The molecule has 2 aromatic heterocycles. The average Bonchev–Trinajstić information content (AvgIpc) is 3.25. The van der Waals surface area contributed by atoms with Crippen LogP contribution in [0.1, 0.15) is 59.2 Å². The van der Waals surface area contributed by atoms with Gasteiger partial charge in [0.1, 0.15) is 16.5 Å². The summed E-state index contributed by atoms with van der Waals surface area (Å²) in [6.07, 6.45) is 7.73. The predicted molar refractivity (Wildman–Crippen MR) is 134 cm³/mol. The molecule has 1 fully saturated rings. The number of rotatable bonds is 6. The summed E-state index contributed by atoms with van der Waals surface area (Å²) in [6, 6.07) is 5.98. The third kappa shape index (κ3) is 4.36. The maximum atomic E-state index is 13.0. The van der Waals surface area contributed by atoms with E-state index in [1.54, 1.807) is 17.0 Å². The lowest BCUT2D eigenvalue weighted by Crippen LogP contribution is -2.49. The van der Waals surface area contributed by atoms with Gasteiger partial charge in [0.15, 0.2) is 0 Å². The van der Waals surface area contributed by atoms with Crippen LogP contribution in [0.25, 0.3) is 10.2 Å². The van der Waals surface area contributed by atoms with Crippen molar-refractivity contribution >= 4 is 39.0 Å². The number of benzene rings is 1. The number of piperazine rings is 1. The second-order valence-corrected chi connectivity index (χ2v) is 10.1. The fraction of sp³-hybridized carbons (Fsp3) is 0.480. The Hall–Kier alpha value is -3.07. The summed E-state index contributed by atoms with van der Waals surface area (Å²) in [5.74, 6) is 1.78. The summed E-state index contributed by atoms with van der Waals surface area (Å²) in [5, 5.41) is 12.3. The van der Waals surface area contributed by atoms with E-state index in [2.05, 4.69) is 11.8 Å². The number of amides is 1. The van der Waals surface area contributed by atoms with Crippen LogP contribution in [0.4, 0.5) is 11.5 Å². The number of hydrogen-bond donors (Lipinski definition) is 0. The Morgan fingerprint density at radius 2 is 1.94 bits per heavy atom. The number of unbranched alkanes of at least 4 members (excludes halogenated alkanes) is 1. The van der Waals surface area contributed by atoms with Crippen LogP contribution in [-0.4, -0.2) is 51.9 Å². The molecule has 0 radical (unpaired) electrons.